The van der Waals surface area contributed by atoms with Crippen molar-refractivity contribution in [1.29, 1.82) is 0 Å². The van der Waals surface area contributed by atoms with Gasteiger partial charge in [0.05, 0.1) is 5.52 Å². The van der Waals surface area contributed by atoms with Gasteiger partial charge in [0.2, 0.25) is 0 Å². The largest absolute Gasteiger partial charge is 0.398 e. The lowest BCUT2D eigenvalue weighted by molar-refractivity contribution is 0.620. The highest BCUT2D eigenvalue weighted by Gasteiger charge is 2.17. The number of aryl methyl sites for hydroxylation is 2. The van der Waals surface area contributed by atoms with Gasteiger partial charge < -0.3 is 5.73 Å². The van der Waals surface area contributed by atoms with E-state index in [9.17, 15) is 4.39 Å². The van der Waals surface area contributed by atoms with Gasteiger partial charge >= 0.3 is 0 Å². The fraction of sp³-hybridized carbons (Fsp3) is 0.357. The molecular weight excluding hydrogens is 215 g/mol. The average Bonchev–Trinajstić information content (AvgIpc) is 2.35. The van der Waals surface area contributed by atoms with E-state index in [2.05, 4.69) is 4.98 Å². The van der Waals surface area contributed by atoms with Gasteiger partial charge in [0.15, 0.2) is 0 Å². The van der Waals surface area contributed by atoms with E-state index in [1.54, 1.807) is 13.0 Å². The van der Waals surface area contributed by atoms with Crippen LogP contribution >= 0.6 is 0 Å². The number of aromatic nitrogens is 1. The van der Waals surface area contributed by atoms with Crippen LogP contribution in [0.4, 0.5) is 10.1 Å². The summed E-state index contributed by atoms with van der Waals surface area (Å²) in [6.45, 7) is 1.76. The fourth-order valence-corrected chi connectivity index (χ4v) is 2.64. The van der Waals surface area contributed by atoms with E-state index in [1.165, 1.54) is 18.1 Å². The molecule has 1 aromatic heterocycles. The van der Waals surface area contributed by atoms with Crippen LogP contribution < -0.4 is 5.73 Å². The van der Waals surface area contributed by atoms with Crippen LogP contribution in [0.5, 0.6) is 0 Å². The highest BCUT2D eigenvalue weighted by atomic mass is 19.1. The molecule has 0 fully saturated rings. The molecule has 0 unspecified atom stereocenters. The van der Waals surface area contributed by atoms with Crippen molar-refractivity contribution in [3.05, 3.63) is 34.8 Å². The lowest BCUT2D eigenvalue weighted by atomic mass is 9.92. The highest BCUT2D eigenvalue weighted by molar-refractivity contribution is 5.94. The maximum atomic E-state index is 13.5. The first-order valence-electron chi connectivity index (χ1n) is 6.04. The number of nitrogen functional groups attached to an aromatic ring is 1. The molecule has 17 heavy (non-hydrogen) atoms. The third-order valence-corrected chi connectivity index (χ3v) is 3.67. The Kier molecular flexibility index (Phi) is 2.28. The molecule has 0 saturated heterocycles. The molecule has 0 bridgehead atoms. The summed E-state index contributed by atoms with van der Waals surface area (Å²) in [7, 11) is 0. The zero-order valence-corrected chi connectivity index (χ0v) is 9.89. The summed E-state index contributed by atoms with van der Waals surface area (Å²) >= 11 is 0. The van der Waals surface area contributed by atoms with Gasteiger partial charge in [-0.1, -0.05) is 0 Å². The van der Waals surface area contributed by atoms with E-state index in [-0.39, 0.29) is 5.82 Å². The van der Waals surface area contributed by atoms with Crippen LogP contribution in [0.25, 0.3) is 10.9 Å². The second-order valence-corrected chi connectivity index (χ2v) is 4.73. The third-order valence-electron chi connectivity index (χ3n) is 3.67. The summed E-state index contributed by atoms with van der Waals surface area (Å²) < 4.78 is 13.5. The molecule has 2 aromatic rings. The van der Waals surface area contributed by atoms with Crippen LogP contribution in [0.2, 0.25) is 0 Å². The van der Waals surface area contributed by atoms with Crippen molar-refractivity contribution < 1.29 is 4.39 Å². The third kappa shape index (κ3) is 1.49. The van der Waals surface area contributed by atoms with Crippen LogP contribution in [0.1, 0.15) is 29.7 Å². The number of rotatable bonds is 0. The maximum Gasteiger partial charge on any atom is 0.128 e. The second-order valence-electron chi connectivity index (χ2n) is 4.73. The Bertz CT molecular complexity index is 605. The first-order valence-corrected chi connectivity index (χ1v) is 6.04. The minimum Gasteiger partial charge on any atom is -0.398 e. The van der Waals surface area contributed by atoms with Crippen molar-refractivity contribution in [2.45, 2.75) is 32.6 Å². The van der Waals surface area contributed by atoms with Crippen LogP contribution in [-0.2, 0) is 12.8 Å². The van der Waals surface area contributed by atoms with Gasteiger partial charge in [-0.05, 0) is 50.3 Å². The summed E-state index contributed by atoms with van der Waals surface area (Å²) in [5.74, 6) is -0.208. The van der Waals surface area contributed by atoms with Gasteiger partial charge in [0.25, 0.3) is 0 Å². The zero-order valence-electron chi connectivity index (χ0n) is 9.89. The van der Waals surface area contributed by atoms with Crippen LogP contribution in [-0.4, -0.2) is 4.98 Å². The molecule has 0 spiro atoms. The molecule has 2 nitrogen and oxygen atoms in total. The van der Waals surface area contributed by atoms with E-state index in [0.717, 1.165) is 41.5 Å². The lowest BCUT2D eigenvalue weighted by Gasteiger charge is -2.19. The van der Waals surface area contributed by atoms with E-state index in [4.69, 9.17) is 5.73 Å². The summed E-state index contributed by atoms with van der Waals surface area (Å²) in [6, 6.07) is 3.22. The first kappa shape index (κ1) is 10.5. The molecule has 1 heterocycles. The first-order chi connectivity index (χ1) is 8.18. The standard InChI is InChI=1S/C14H15FN2/c1-8-11(15)7-6-10-13(16)9-4-2-3-5-12(9)17-14(8)10/h6-7H,2-5H2,1H3,(H2,16,17). The Morgan fingerprint density at radius 3 is 2.82 bits per heavy atom. The van der Waals surface area contributed by atoms with Gasteiger partial charge in [-0.15, -0.1) is 0 Å². The molecule has 2 N–H and O–H groups in total. The Morgan fingerprint density at radius 1 is 1.24 bits per heavy atom. The number of nitrogens with zero attached hydrogens (tertiary/aromatic N) is 1. The quantitative estimate of drug-likeness (QED) is 0.755. The molecule has 3 heteroatoms. The van der Waals surface area contributed by atoms with Gasteiger partial charge in [-0.25, -0.2) is 4.39 Å². The molecule has 0 radical (unpaired) electrons. The second kappa shape index (κ2) is 3.69. The summed E-state index contributed by atoms with van der Waals surface area (Å²) in [5, 5.41) is 0.893. The molecule has 3 rings (SSSR count). The maximum absolute atomic E-state index is 13.5. The Labute approximate surface area is 99.7 Å². The Morgan fingerprint density at radius 2 is 2.00 bits per heavy atom. The molecule has 0 saturated carbocycles. The molecule has 88 valence electrons. The summed E-state index contributed by atoms with van der Waals surface area (Å²) in [4.78, 5) is 4.62. The number of hydrogen-bond acceptors (Lipinski definition) is 2. The number of pyridine rings is 1. The molecule has 0 atom stereocenters. The normalized spacial score (nSPS) is 14.9. The summed E-state index contributed by atoms with van der Waals surface area (Å²) in [5.41, 5.74) is 10.6. The predicted octanol–water partition coefficient (Wildman–Crippen LogP) is 3.14. The number of fused-ring (bicyclic) bond motifs is 2. The van der Waals surface area contributed by atoms with Crippen molar-refractivity contribution in [3.63, 3.8) is 0 Å². The van der Waals surface area contributed by atoms with E-state index in [1.807, 2.05) is 0 Å². The van der Waals surface area contributed by atoms with Crippen LogP contribution in [0.3, 0.4) is 0 Å². The van der Waals surface area contributed by atoms with Gasteiger partial charge in [-0.2, -0.15) is 0 Å². The van der Waals surface area contributed by atoms with E-state index >= 15 is 0 Å². The number of anilines is 1. The van der Waals surface area contributed by atoms with Crippen molar-refractivity contribution in [2.75, 3.05) is 5.73 Å². The summed E-state index contributed by atoms with van der Waals surface area (Å²) in [6.07, 6.45) is 4.29. The van der Waals surface area contributed by atoms with Crippen molar-refractivity contribution in [2.24, 2.45) is 0 Å². The monoisotopic (exact) mass is 230 g/mol. The van der Waals surface area contributed by atoms with Gasteiger partial charge in [-0.3, -0.25) is 4.98 Å². The number of nitrogens with two attached hydrogens (primary N) is 1. The SMILES string of the molecule is Cc1c(F)ccc2c(N)c3c(nc12)CCCC3. The number of hydrogen-bond donors (Lipinski definition) is 1. The van der Waals surface area contributed by atoms with Crippen LogP contribution in [0.15, 0.2) is 12.1 Å². The van der Waals surface area contributed by atoms with Gasteiger partial charge in [0, 0.05) is 22.3 Å². The average molecular weight is 230 g/mol. The van der Waals surface area contributed by atoms with E-state index < -0.39 is 0 Å². The number of benzene rings is 1. The van der Waals surface area contributed by atoms with Crippen molar-refractivity contribution >= 4 is 16.6 Å². The molecule has 1 aliphatic rings. The molecular formula is C14H15FN2. The zero-order chi connectivity index (χ0) is 12.0. The van der Waals surface area contributed by atoms with E-state index in [0.29, 0.717) is 5.56 Å². The lowest BCUT2D eigenvalue weighted by Crippen LogP contribution is -2.10. The molecule has 0 amide bonds. The molecule has 1 aliphatic carbocycles. The molecule has 1 aromatic carbocycles. The minimum absolute atomic E-state index is 0.208. The van der Waals surface area contributed by atoms with Crippen LogP contribution in [0, 0.1) is 12.7 Å². The highest BCUT2D eigenvalue weighted by Crippen LogP contribution is 2.32. The Balaban J connectivity index is 2.40. The fourth-order valence-electron chi connectivity index (χ4n) is 2.64. The molecule has 0 aliphatic heterocycles. The topological polar surface area (TPSA) is 38.9 Å². The van der Waals surface area contributed by atoms with Crippen molar-refractivity contribution in [1.82, 2.24) is 4.98 Å². The smallest absolute Gasteiger partial charge is 0.128 e. The van der Waals surface area contributed by atoms with Crippen molar-refractivity contribution in [3.8, 4) is 0 Å². The minimum atomic E-state index is -0.208. The van der Waals surface area contributed by atoms with Gasteiger partial charge in [0.1, 0.15) is 5.82 Å². The predicted molar refractivity (Wildman–Crippen MR) is 67.5 cm³/mol. The number of halogens is 1. The Hall–Kier alpha value is -1.64.